The summed E-state index contributed by atoms with van der Waals surface area (Å²) >= 11 is 1.31. The Labute approximate surface area is 171 Å². The summed E-state index contributed by atoms with van der Waals surface area (Å²) in [5.41, 5.74) is 5.99. The van der Waals surface area contributed by atoms with Gasteiger partial charge in [0, 0.05) is 33.8 Å². The average Bonchev–Trinajstić information content (AvgIpc) is 3.29. The molecule has 8 nitrogen and oxygen atoms in total. The van der Waals surface area contributed by atoms with Crippen molar-refractivity contribution in [1.82, 2.24) is 9.97 Å². The molecule has 0 radical (unpaired) electrons. The van der Waals surface area contributed by atoms with Crippen molar-refractivity contribution in [1.29, 1.82) is 0 Å². The molecule has 0 atom stereocenters. The maximum Gasteiger partial charge on any atom is 0.325 e. The van der Waals surface area contributed by atoms with Crippen molar-refractivity contribution in [2.75, 3.05) is 10.6 Å². The van der Waals surface area contributed by atoms with E-state index < -0.39 is 11.9 Å². The van der Waals surface area contributed by atoms with Crippen molar-refractivity contribution in [2.24, 2.45) is 5.73 Å². The van der Waals surface area contributed by atoms with Crippen molar-refractivity contribution < 1.29 is 14.0 Å². The van der Waals surface area contributed by atoms with Gasteiger partial charge >= 0.3 is 6.03 Å². The smallest absolute Gasteiger partial charge is 0.325 e. The van der Waals surface area contributed by atoms with Crippen LogP contribution in [0.2, 0.25) is 0 Å². The lowest BCUT2D eigenvalue weighted by molar-refractivity contribution is 0.100. The van der Waals surface area contributed by atoms with Crippen LogP contribution in [0.1, 0.15) is 47.7 Å². The molecule has 4 N–H and O–H groups in total. The van der Waals surface area contributed by atoms with Gasteiger partial charge in [-0.25, -0.2) is 14.8 Å². The number of hydrogen-bond acceptors (Lipinski definition) is 6. The molecule has 9 heteroatoms. The van der Waals surface area contributed by atoms with E-state index in [4.69, 9.17) is 10.2 Å². The number of carbonyl (C=O) groups is 2. The second-order valence-corrected chi connectivity index (χ2v) is 8.30. The summed E-state index contributed by atoms with van der Waals surface area (Å²) in [6, 6.07) is 5.83. The van der Waals surface area contributed by atoms with Crippen molar-refractivity contribution in [3.05, 3.63) is 58.8 Å². The third-order valence-electron chi connectivity index (χ3n) is 3.82. The number of nitrogens with two attached hydrogens (primary N) is 1. The predicted octanol–water partition coefficient (Wildman–Crippen LogP) is 4.34. The quantitative estimate of drug-likeness (QED) is 0.576. The lowest BCUT2D eigenvalue weighted by Gasteiger charge is -2.12. The minimum atomic E-state index is -0.524. The molecule has 29 heavy (non-hydrogen) atoms. The van der Waals surface area contributed by atoms with Gasteiger partial charge in [-0.2, -0.15) is 0 Å². The van der Waals surface area contributed by atoms with Crippen LogP contribution in [0.4, 0.5) is 15.6 Å². The fourth-order valence-electron chi connectivity index (χ4n) is 2.26. The summed E-state index contributed by atoms with van der Waals surface area (Å²) in [6.45, 7) is 6.16. The number of amides is 3. The number of oxazole rings is 1. The summed E-state index contributed by atoms with van der Waals surface area (Å²) < 4.78 is 5.71. The lowest BCUT2D eigenvalue weighted by atomic mass is 9.94. The van der Waals surface area contributed by atoms with Gasteiger partial charge in [0.15, 0.2) is 5.13 Å². The zero-order valence-electron chi connectivity index (χ0n) is 16.2. The molecular weight excluding hydrogens is 390 g/mol. The van der Waals surface area contributed by atoms with E-state index in [9.17, 15) is 9.59 Å². The zero-order chi connectivity index (χ0) is 21.0. The maximum absolute atomic E-state index is 12.1. The number of anilines is 2. The third-order valence-corrected chi connectivity index (χ3v) is 4.70. The van der Waals surface area contributed by atoms with E-state index in [-0.39, 0.29) is 5.41 Å². The van der Waals surface area contributed by atoms with E-state index in [1.165, 1.54) is 23.5 Å². The molecule has 0 bridgehead atoms. The first-order chi connectivity index (χ1) is 13.7. The van der Waals surface area contributed by atoms with Crippen LogP contribution in [-0.4, -0.2) is 21.9 Å². The highest BCUT2D eigenvalue weighted by molar-refractivity contribution is 7.16. The molecule has 0 unspecified atom stereocenters. The standard InChI is InChI=1S/C20H21N5O3S/c1-20(2,3)15-11-22-16(28-15)9-8-14-10-23-19(29-14)25-18(27)24-13-6-4-12(5-7-13)17(21)26/h4-11H,1-3H3,(H2,21,26)(H2,23,24,25,27)/b9-8+. The first kappa shape index (κ1) is 20.3. The SMILES string of the molecule is CC(C)(C)c1cnc(/C=C/c2cnc(NC(=O)Nc3ccc(C(N)=O)cc3)s2)o1. The van der Waals surface area contributed by atoms with Gasteiger partial charge in [0.2, 0.25) is 11.8 Å². The number of urea groups is 1. The predicted molar refractivity (Wildman–Crippen MR) is 114 cm³/mol. The molecule has 2 aromatic heterocycles. The largest absolute Gasteiger partial charge is 0.441 e. The Morgan fingerprint density at radius 1 is 1.07 bits per heavy atom. The van der Waals surface area contributed by atoms with E-state index in [1.54, 1.807) is 30.6 Å². The van der Waals surface area contributed by atoms with E-state index in [2.05, 4.69) is 41.4 Å². The number of primary amides is 1. The number of benzene rings is 1. The normalized spacial score (nSPS) is 11.6. The summed E-state index contributed by atoms with van der Waals surface area (Å²) in [5.74, 6) is 0.795. The highest BCUT2D eigenvalue weighted by atomic mass is 32.1. The van der Waals surface area contributed by atoms with Gasteiger partial charge in [0.05, 0.1) is 6.20 Å². The number of rotatable bonds is 5. The van der Waals surface area contributed by atoms with Gasteiger partial charge < -0.3 is 15.5 Å². The van der Waals surface area contributed by atoms with Gasteiger partial charge in [-0.1, -0.05) is 32.1 Å². The first-order valence-electron chi connectivity index (χ1n) is 8.79. The highest BCUT2D eigenvalue weighted by Crippen LogP contribution is 2.24. The van der Waals surface area contributed by atoms with Gasteiger partial charge in [0.1, 0.15) is 5.76 Å². The number of nitrogens with zero attached hydrogens (tertiary/aromatic N) is 2. The molecule has 2 heterocycles. The van der Waals surface area contributed by atoms with Gasteiger partial charge in [-0.3, -0.25) is 10.1 Å². The minimum Gasteiger partial charge on any atom is -0.441 e. The molecule has 0 aliphatic rings. The molecule has 0 saturated heterocycles. The fourth-order valence-corrected chi connectivity index (χ4v) is 2.98. The Morgan fingerprint density at radius 2 is 1.79 bits per heavy atom. The van der Waals surface area contributed by atoms with E-state index in [0.717, 1.165) is 10.6 Å². The average molecular weight is 411 g/mol. The molecule has 0 fully saturated rings. The third kappa shape index (κ3) is 5.52. The first-order valence-corrected chi connectivity index (χ1v) is 9.60. The Hall–Kier alpha value is -3.46. The van der Waals surface area contributed by atoms with Crippen LogP contribution in [0.3, 0.4) is 0 Å². The number of carbonyl (C=O) groups excluding carboxylic acids is 2. The molecule has 3 aromatic rings. The van der Waals surface area contributed by atoms with Crippen LogP contribution in [-0.2, 0) is 5.41 Å². The van der Waals surface area contributed by atoms with Crippen molar-refractivity contribution in [3.63, 3.8) is 0 Å². The summed E-state index contributed by atoms with van der Waals surface area (Å²) in [6.07, 6.45) is 6.94. The van der Waals surface area contributed by atoms with Crippen molar-refractivity contribution in [3.8, 4) is 0 Å². The zero-order valence-corrected chi connectivity index (χ0v) is 17.0. The van der Waals surface area contributed by atoms with Crippen molar-refractivity contribution in [2.45, 2.75) is 26.2 Å². The Morgan fingerprint density at radius 3 is 2.41 bits per heavy atom. The molecule has 1 aromatic carbocycles. The van der Waals surface area contributed by atoms with Crippen LogP contribution < -0.4 is 16.4 Å². The van der Waals surface area contributed by atoms with Crippen molar-refractivity contribution >= 4 is 46.2 Å². The molecule has 3 amide bonds. The highest BCUT2D eigenvalue weighted by Gasteiger charge is 2.18. The van der Waals surface area contributed by atoms with Crippen LogP contribution in [0, 0.1) is 0 Å². The summed E-state index contributed by atoms with van der Waals surface area (Å²) in [7, 11) is 0. The van der Waals surface area contributed by atoms with Gasteiger partial charge in [0.25, 0.3) is 0 Å². The maximum atomic E-state index is 12.1. The van der Waals surface area contributed by atoms with Gasteiger partial charge in [-0.05, 0) is 30.3 Å². The lowest BCUT2D eigenvalue weighted by Crippen LogP contribution is -2.19. The van der Waals surface area contributed by atoms with E-state index in [0.29, 0.717) is 22.3 Å². The second kappa shape index (κ2) is 8.27. The molecular formula is C20H21N5O3S. The number of aromatic nitrogens is 2. The van der Waals surface area contributed by atoms with E-state index in [1.807, 2.05) is 6.08 Å². The fraction of sp³-hybridized carbons (Fsp3) is 0.200. The molecule has 0 saturated carbocycles. The van der Waals surface area contributed by atoms with Gasteiger partial charge in [-0.15, -0.1) is 0 Å². The van der Waals surface area contributed by atoms with Crippen LogP contribution >= 0.6 is 11.3 Å². The molecule has 3 rings (SSSR count). The van der Waals surface area contributed by atoms with Crippen LogP contribution in [0.5, 0.6) is 0 Å². The Balaban J connectivity index is 1.57. The van der Waals surface area contributed by atoms with E-state index >= 15 is 0 Å². The minimum absolute atomic E-state index is 0.103. The number of hydrogen-bond donors (Lipinski definition) is 3. The monoisotopic (exact) mass is 411 g/mol. The molecule has 0 aliphatic carbocycles. The topological polar surface area (TPSA) is 123 Å². The summed E-state index contributed by atoms with van der Waals surface area (Å²) in [5, 5.41) is 5.77. The molecule has 0 aliphatic heterocycles. The number of thiazole rings is 1. The number of nitrogens with one attached hydrogen (secondary N) is 2. The van der Waals surface area contributed by atoms with Crippen LogP contribution in [0.15, 0.2) is 41.1 Å². The molecule has 150 valence electrons. The Kier molecular flexibility index (Phi) is 5.79. The summed E-state index contributed by atoms with van der Waals surface area (Å²) in [4.78, 5) is 32.4. The second-order valence-electron chi connectivity index (χ2n) is 7.23. The van der Waals surface area contributed by atoms with Crippen LogP contribution in [0.25, 0.3) is 12.2 Å². The Bertz CT molecular complexity index is 1040. The molecule has 0 spiro atoms.